The van der Waals surface area contributed by atoms with E-state index in [9.17, 15) is 9.59 Å². The first-order valence-electron chi connectivity index (χ1n) is 9.62. The highest BCUT2D eigenvalue weighted by Crippen LogP contribution is 2.35. The molecule has 158 valence electrons. The number of nitrogens with zero attached hydrogens (tertiary/aromatic N) is 3. The lowest BCUT2D eigenvalue weighted by molar-refractivity contribution is -0.122. The van der Waals surface area contributed by atoms with Crippen LogP contribution in [0, 0.1) is 0 Å². The van der Waals surface area contributed by atoms with Gasteiger partial charge in [-0.2, -0.15) is 4.98 Å². The first-order chi connectivity index (χ1) is 15.6. The number of carbonyl (C=O) groups excluding carboxylic acids is 1. The summed E-state index contributed by atoms with van der Waals surface area (Å²) in [5.74, 6) is 0.950. The number of pyridine rings is 1. The van der Waals surface area contributed by atoms with Crippen molar-refractivity contribution >= 4 is 45.9 Å². The molecular formula is C23H15N3O4S2. The zero-order valence-electron chi connectivity index (χ0n) is 16.5. The van der Waals surface area contributed by atoms with Crippen molar-refractivity contribution in [2.75, 3.05) is 0 Å². The van der Waals surface area contributed by atoms with Gasteiger partial charge in [0.25, 0.3) is 11.5 Å². The van der Waals surface area contributed by atoms with Crippen LogP contribution in [0.4, 0.5) is 0 Å². The minimum Gasteiger partial charge on any atom is -0.467 e. The van der Waals surface area contributed by atoms with Crippen LogP contribution in [-0.4, -0.2) is 24.5 Å². The molecule has 0 aliphatic carbocycles. The standard InChI is InChI=1S/C23H15N3O4S2/c27-21-17(13-18-22(28)26(23(31)32-18)14-16-9-6-12-29-16)20(30-15-7-2-1-3-8-15)24-19-10-4-5-11-25(19)21/h1-13H,14H2/b18-13+. The minimum absolute atomic E-state index is 0.115. The molecule has 1 saturated heterocycles. The van der Waals surface area contributed by atoms with Crippen molar-refractivity contribution in [1.82, 2.24) is 14.3 Å². The highest BCUT2D eigenvalue weighted by atomic mass is 32.2. The number of rotatable bonds is 5. The summed E-state index contributed by atoms with van der Waals surface area (Å²) < 4.78 is 13.1. The smallest absolute Gasteiger partial charge is 0.269 e. The summed E-state index contributed by atoms with van der Waals surface area (Å²) >= 11 is 6.51. The average molecular weight is 462 g/mol. The quantitative estimate of drug-likeness (QED) is 0.320. The number of hydrogen-bond acceptors (Lipinski definition) is 7. The van der Waals surface area contributed by atoms with Gasteiger partial charge in [0, 0.05) is 6.20 Å². The van der Waals surface area contributed by atoms with Crippen LogP contribution in [0.2, 0.25) is 0 Å². The van der Waals surface area contributed by atoms with Crippen LogP contribution in [-0.2, 0) is 11.3 Å². The predicted molar refractivity (Wildman–Crippen MR) is 125 cm³/mol. The van der Waals surface area contributed by atoms with Gasteiger partial charge in [0.15, 0.2) is 0 Å². The number of ether oxygens (including phenoxy) is 1. The Balaban J connectivity index is 1.58. The Morgan fingerprint density at radius 2 is 1.88 bits per heavy atom. The van der Waals surface area contributed by atoms with Gasteiger partial charge in [-0.25, -0.2) is 0 Å². The molecule has 4 aromatic rings. The van der Waals surface area contributed by atoms with E-state index in [0.717, 1.165) is 11.8 Å². The summed E-state index contributed by atoms with van der Waals surface area (Å²) in [5, 5.41) is 0. The molecule has 7 nitrogen and oxygen atoms in total. The molecule has 1 aliphatic rings. The number of thioether (sulfide) groups is 1. The molecular weight excluding hydrogens is 446 g/mol. The van der Waals surface area contributed by atoms with E-state index in [1.165, 1.54) is 21.6 Å². The number of amides is 1. The van der Waals surface area contributed by atoms with E-state index in [0.29, 0.717) is 26.4 Å². The lowest BCUT2D eigenvalue weighted by atomic mass is 10.2. The maximum absolute atomic E-state index is 13.3. The monoisotopic (exact) mass is 461 g/mol. The largest absolute Gasteiger partial charge is 0.467 e. The van der Waals surface area contributed by atoms with Crippen molar-refractivity contribution in [2.45, 2.75) is 6.54 Å². The van der Waals surface area contributed by atoms with E-state index in [1.807, 2.05) is 18.2 Å². The molecule has 1 aliphatic heterocycles. The molecule has 0 unspecified atom stereocenters. The summed E-state index contributed by atoms with van der Waals surface area (Å²) in [6.07, 6.45) is 4.66. The Hall–Kier alpha value is -3.69. The first kappa shape index (κ1) is 20.2. The molecule has 0 saturated carbocycles. The number of aromatic nitrogens is 2. The van der Waals surface area contributed by atoms with E-state index in [4.69, 9.17) is 21.4 Å². The number of thiocarbonyl (C=S) groups is 1. The van der Waals surface area contributed by atoms with Crippen LogP contribution in [0.1, 0.15) is 11.3 Å². The van der Waals surface area contributed by atoms with Crippen molar-refractivity contribution in [1.29, 1.82) is 0 Å². The second kappa shape index (κ2) is 8.45. The molecule has 0 bridgehead atoms. The third-order valence-electron chi connectivity index (χ3n) is 4.73. The fourth-order valence-electron chi connectivity index (χ4n) is 3.21. The zero-order valence-corrected chi connectivity index (χ0v) is 18.1. The molecule has 1 amide bonds. The molecule has 9 heteroatoms. The SMILES string of the molecule is O=C1/C(=C\c2c(Oc3ccccc3)nc3ccccn3c2=O)SC(=S)N1Cc1ccco1. The molecule has 0 N–H and O–H groups in total. The Bertz CT molecular complexity index is 1410. The summed E-state index contributed by atoms with van der Waals surface area (Å²) in [7, 11) is 0. The van der Waals surface area contributed by atoms with Crippen LogP contribution < -0.4 is 10.3 Å². The molecule has 5 rings (SSSR count). The summed E-state index contributed by atoms with van der Waals surface area (Å²) in [6, 6.07) is 17.8. The Labute approximate surface area is 191 Å². The van der Waals surface area contributed by atoms with Crippen LogP contribution >= 0.6 is 24.0 Å². The number of furan rings is 1. The van der Waals surface area contributed by atoms with Gasteiger partial charge in [0.2, 0.25) is 5.88 Å². The molecule has 1 fully saturated rings. The van der Waals surface area contributed by atoms with Crippen LogP contribution in [0.5, 0.6) is 11.6 Å². The highest BCUT2D eigenvalue weighted by molar-refractivity contribution is 8.26. The van der Waals surface area contributed by atoms with Gasteiger partial charge >= 0.3 is 0 Å². The fraction of sp³-hybridized carbons (Fsp3) is 0.0435. The summed E-state index contributed by atoms with van der Waals surface area (Å²) in [5.41, 5.74) is 0.250. The molecule has 3 aromatic heterocycles. The third-order valence-corrected chi connectivity index (χ3v) is 6.11. The highest BCUT2D eigenvalue weighted by Gasteiger charge is 2.33. The topological polar surface area (TPSA) is 77.0 Å². The van der Waals surface area contributed by atoms with E-state index >= 15 is 0 Å². The van der Waals surface area contributed by atoms with E-state index in [-0.39, 0.29) is 29.5 Å². The minimum atomic E-state index is -0.349. The van der Waals surface area contributed by atoms with E-state index in [1.54, 1.807) is 48.7 Å². The Morgan fingerprint density at radius 1 is 1.06 bits per heavy atom. The zero-order chi connectivity index (χ0) is 22.1. The number of benzene rings is 1. The molecule has 4 heterocycles. The van der Waals surface area contributed by atoms with Crippen molar-refractivity contribution in [3.63, 3.8) is 0 Å². The second-order valence-corrected chi connectivity index (χ2v) is 8.50. The Kier molecular flexibility index (Phi) is 5.34. The number of carbonyl (C=O) groups is 1. The first-order valence-corrected chi connectivity index (χ1v) is 10.8. The molecule has 1 aromatic carbocycles. The average Bonchev–Trinajstić information content (AvgIpc) is 3.41. The molecule has 0 atom stereocenters. The Morgan fingerprint density at radius 3 is 2.66 bits per heavy atom. The van der Waals surface area contributed by atoms with Gasteiger partial charge < -0.3 is 9.15 Å². The molecule has 0 spiro atoms. The number of para-hydroxylation sites is 1. The van der Waals surface area contributed by atoms with Crippen LogP contribution in [0.3, 0.4) is 0 Å². The summed E-state index contributed by atoms with van der Waals surface area (Å²) in [4.78, 5) is 32.6. The van der Waals surface area contributed by atoms with Gasteiger partial charge in [-0.3, -0.25) is 18.9 Å². The molecule has 32 heavy (non-hydrogen) atoms. The fourth-order valence-corrected chi connectivity index (χ4v) is 4.45. The second-order valence-electron chi connectivity index (χ2n) is 6.83. The lowest BCUT2D eigenvalue weighted by Gasteiger charge is -2.12. The summed E-state index contributed by atoms with van der Waals surface area (Å²) in [6.45, 7) is 0.220. The lowest BCUT2D eigenvalue weighted by Crippen LogP contribution is -2.27. The van der Waals surface area contributed by atoms with Gasteiger partial charge in [-0.05, 0) is 42.5 Å². The predicted octanol–water partition coefficient (Wildman–Crippen LogP) is 4.48. The van der Waals surface area contributed by atoms with Crippen molar-refractivity contribution < 1.29 is 13.9 Å². The van der Waals surface area contributed by atoms with Crippen LogP contribution in [0.25, 0.3) is 11.7 Å². The van der Waals surface area contributed by atoms with E-state index < -0.39 is 0 Å². The number of hydrogen-bond donors (Lipinski definition) is 0. The van der Waals surface area contributed by atoms with Gasteiger partial charge in [-0.15, -0.1) is 0 Å². The maximum atomic E-state index is 13.3. The third kappa shape index (κ3) is 3.83. The maximum Gasteiger partial charge on any atom is 0.269 e. The number of fused-ring (bicyclic) bond motifs is 1. The van der Waals surface area contributed by atoms with Gasteiger partial charge in [0.1, 0.15) is 27.0 Å². The van der Waals surface area contributed by atoms with Gasteiger partial charge in [0.05, 0.1) is 17.7 Å². The normalized spacial score (nSPS) is 15.1. The van der Waals surface area contributed by atoms with Crippen molar-refractivity contribution in [3.05, 3.63) is 99.7 Å². The van der Waals surface area contributed by atoms with Crippen LogP contribution in [0.15, 0.2) is 87.2 Å². The molecule has 0 radical (unpaired) electrons. The van der Waals surface area contributed by atoms with Crippen molar-refractivity contribution in [3.8, 4) is 11.6 Å². The van der Waals surface area contributed by atoms with Crippen molar-refractivity contribution in [2.24, 2.45) is 0 Å². The van der Waals surface area contributed by atoms with Gasteiger partial charge in [-0.1, -0.05) is 48.2 Å². The van der Waals surface area contributed by atoms with E-state index in [2.05, 4.69) is 4.98 Å².